The van der Waals surface area contributed by atoms with Gasteiger partial charge in [0.25, 0.3) is 5.91 Å². The predicted molar refractivity (Wildman–Crippen MR) is 113 cm³/mol. The van der Waals surface area contributed by atoms with E-state index in [2.05, 4.69) is 15.6 Å². The average molecular weight is 450 g/mol. The summed E-state index contributed by atoms with van der Waals surface area (Å²) in [4.78, 5) is 29.1. The Bertz CT molecular complexity index is 1090. The number of amides is 2. The van der Waals surface area contributed by atoms with E-state index in [9.17, 15) is 18.4 Å². The van der Waals surface area contributed by atoms with Gasteiger partial charge in [-0.05, 0) is 30.2 Å². The lowest BCUT2D eigenvalue weighted by Crippen LogP contribution is -2.28. The second kappa shape index (κ2) is 9.77. The van der Waals surface area contributed by atoms with E-state index in [1.54, 1.807) is 6.20 Å². The molecular formula is C21H18ClF2N3O2S. The fraction of sp³-hybridized carbons (Fsp3) is 0.190. The molecule has 2 N–H and O–H groups in total. The number of nitrogens with zero attached hydrogens (tertiary/aromatic N) is 1. The molecule has 0 radical (unpaired) electrons. The third kappa shape index (κ3) is 5.61. The van der Waals surface area contributed by atoms with Crippen LogP contribution in [0.4, 0.5) is 13.9 Å². The number of hydrogen-bond donors (Lipinski definition) is 2. The van der Waals surface area contributed by atoms with Gasteiger partial charge in [0, 0.05) is 41.5 Å². The number of hydrogen-bond acceptors (Lipinski definition) is 4. The van der Waals surface area contributed by atoms with Crippen LogP contribution in [0, 0.1) is 18.6 Å². The Hall–Kier alpha value is -2.84. The van der Waals surface area contributed by atoms with Gasteiger partial charge in [0.05, 0.1) is 5.56 Å². The molecule has 0 atom stereocenters. The van der Waals surface area contributed by atoms with E-state index >= 15 is 0 Å². The molecule has 1 heterocycles. The number of thiazole rings is 1. The van der Waals surface area contributed by atoms with Gasteiger partial charge in [0.1, 0.15) is 11.6 Å². The van der Waals surface area contributed by atoms with Gasteiger partial charge in [-0.2, -0.15) is 0 Å². The first-order valence-corrected chi connectivity index (χ1v) is 10.2. The molecule has 9 heteroatoms. The van der Waals surface area contributed by atoms with Crippen molar-refractivity contribution in [3.8, 4) is 0 Å². The molecule has 3 aromatic rings. The van der Waals surface area contributed by atoms with Crippen molar-refractivity contribution in [2.75, 3.05) is 11.9 Å². The van der Waals surface area contributed by atoms with E-state index in [0.717, 1.165) is 28.1 Å². The Balaban J connectivity index is 1.48. The molecule has 0 aliphatic heterocycles. The van der Waals surface area contributed by atoms with Gasteiger partial charge in [-0.15, -0.1) is 11.3 Å². The summed E-state index contributed by atoms with van der Waals surface area (Å²) in [7, 11) is 0. The third-order valence-electron chi connectivity index (χ3n) is 4.25. The highest BCUT2D eigenvalue weighted by atomic mass is 35.5. The fourth-order valence-corrected chi connectivity index (χ4v) is 3.76. The van der Waals surface area contributed by atoms with E-state index in [1.165, 1.54) is 11.3 Å². The smallest absolute Gasteiger partial charge is 0.254 e. The van der Waals surface area contributed by atoms with Gasteiger partial charge < -0.3 is 10.6 Å². The van der Waals surface area contributed by atoms with Gasteiger partial charge in [0.2, 0.25) is 5.91 Å². The number of benzene rings is 2. The molecular weight excluding hydrogens is 432 g/mol. The molecule has 0 unspecified atom stereocenters. The van der Waals surface area contributed by atoms with Crippen LogP contribution < -0.4 is 10.6 Å². The highest BCUT2D eigenvalue weighted by Gasteiger charge is 2.13. The van der Waals surface area contributed by atoms with Crippen LogP contribution in [-0.2, 0) is 11.2 Å². The van der Waals surface area contributed by atoms with Crippen molar-refractivity contribution >= 4 is 39.9 Å². The van der Waals surface area contributed by atoms with Crippen LogP contribution in [0.1, 0.15) is 32.8 Å². The van der Waals surface area contributed by atoms with Crippen LogP contribution in [0.25, 0.3) is 0 Å². The molecule has 2 aromatic carbocycles. The van der Waals surface area contributed by atoms with Crippen LogP contribution in [0.2, 0.25) is 5.02 Å². The van der Waals surface area contributed by atoms with E-state index in [4.69, 9.17) is 11.6 Å². The van der Waals surface area contributed by atoms with Crippen LogP contribution in [-0.4, -0.2) is 23.3 Å². The number of anilines is 1. The summed E-state index contributed by atoms with van der Waals surface area (Å²) in [6.07, 6.45) is 2.26. The fourth-order valence-electron chi connectivity index (χ4n) is 2.72. The Morgan fingerprint density at radius 1 is 1.20 bits per heavy atom. The van der Waals surface area contributed by atoms with Crippen LogP contribution in [0.3, 0.4) is 0 Å². The number of aryl methyl sites for hydroxylation is 1. The molecule has 0 spiro atoms. The zero-order chi connectivity index (χ0) is 21.7. The zero-order valence-electron chi connectivity index (χ0n) is 16.0. The van der Waals surface area contributed by atoms with Crippen LogP contribution >= 0.6 is 22.9 Å². The number of carbonyl (C=O) groups is 2. The molecule has 0 aliphatic rings. The normalized spacial score (nSPS) is 10.7. The second-order valence-electron chi connectivity index (χ2n) is 6.53. The lowest BCUT2D eigenvalue weighted by Gasteiger charge is -2.06. The Labute approximate surface area is 181 Å². The van der Waals surface area contributed by atoms with Crippen LogP contribution in [0.15, 0.2) is 42.6 Å². The first kappa shape index (κ1) is 21.9. The lowest BCUT2D eigenvalue weighted by molar-refractivity contribution is -0.116. The molecule has 2 amide bonds. The van der Waals surface area contributed by atoms with E-state index in [0.29, 0.717) is 22.6 Å². The zero-order valence-corrected chi connectivity index (χ0v) is 17.5. The Morgan fingerprint density at radius 2 is 2.00 bits per heavy atom. The molecule has 1 aromatic heterocycles. The maximum Gasteiger partial charge on any atom is 0.254 e. The van der Waals surface area contributed by atoms with Crippen molar-refractivity contribution in [3.63, 3.8) is 0 Å². The molecule has 30 heavy (non-hydrogen) atoms. The van der Waals surface area contributed by atoms with Crippen molar-refractivity contribution in [2.45, 2.75) is 19.8 Å². The van der Waals surface area contributed by atoms with E-state index in [-0.39, 0.29) is 24.4 Å². The highest BCUT2D eigenvalue weighted by Crippen LogP contribution is 2.26. The third-order valence-corrected chi connectivity index (χ3v) is 5.70. The molecule has 0 bridgehead atoms. The maximum absolute atomic E-state index is 13.6. The van der Waals surface area contributed by atoms with Gasteiger partial charge in [-0.3, -0.25) is 9.59 Å². The number of aromatic nitrogens is 1. The first-order valence-electron chi connectivity index (χ1n) is 9.05. The van der Waals surface area contributed by atoms with Gasteiger partial charge in [0.15, 0.2) is 5.13 Å². The topological polar surface area (TPSA) is 71.1 Å². The summed E-state index contributed by atoms with van der Waals surface area (Å²) in [5.74, 6) is -2.78. The molecule has 3 rings (SSSR count). The Kier molecular flexibility index (Phi) is 7.12. The molecule has 5 nitrogen and oxygen atoms in total. The standard InChI is InChI=1S/C21H18ClF2N3O2S/c1-12-3-2-4-13(19(12)22)9-15-11-26-21(30-15)27-18(28)7-8-25-20(29)16-6-5-14(23)10-17(16)24/h2-6,10-11H,7-9H2,1H3,(H,25,29)(H,26,27,28). The monoisotopic (exact) mass is 449 g/mol. The SMILES string of the molecule is Cc1cccc(Cc2cnc(NC(=O)CCNC(=O)c3ccc(F)cc3F)s2)c1Cl. The van der Waals surface area contributed by atoms with E-state index in [1.807, 2.05) is 25.1 Å². The van der Waals surface area contributed by atoms with Crippen molar-refractivity contribution in [1.82, 2.24) is 10.3 Å². The highest BCUT2D eigenvalue weighted by molar-refractivity contribution is 7.15. The quantitative estimate of drug-likeness (QED) is 0.547. The summed E-state index contributed by atoms with van der Waals surface area (Å²) >= 11 is 7.65. The molecule has 156 valence electrons. The van der Waals surface area contributed by atoms with Crippen LogP contribution in [0.5, 0.6) is 0 Å². The van der Waals surface area contributed by atoms with Gasteiger partial charge in [-0.1, -0.05) is 29.8 Å². The molecule has 0 saturated carbocycles. The number of carbonyl (C=O) groups excluding carboxylic acids is 2. The first-order chi connectivity index (χ1) is 14.3. The predicted octanol–water partition coefficient (Wildman–Crippen LogP) is 4.73. The number of rotatable bonds is 7. The summed E-state index contributed by atoms with van der Waals surface area (Å²) in [6, 6.07) is 8.50. The number of halogens is 3. The second-order valence-corrected chi connectivity index (χ2v) is 8.03. The van der Waals surface area contributed by atoms with Gasteiger partial charge >= 0.3 is 0 Å². The molecule has 0 saturated heterocycles. The van der Waals surface area contributed by atoms with Gasteiger partial charge in [-0.25, -0.2) is 13.8 Å². The lowest BCUT2D eigenvalue weighted by atomic mass is 10.1. The Morgan fingerprint density at radius 3 is 2.77 bits per heavy atom. The minimum absolute atomic E-state index is 0.00137. The van der Waals surface area contributed by atoms with Crippen molar-refractivity contribution in [3.05, 3.63) is 80.8 Å². The molecule has 0 aliphatic carbocycles. The van der Waals surface area contributed by atoms with E-state index < -0.39 is 17.5 Å². The summed E-state index contributed by atoms with van der Waals surface area (Å²) in [6.45, 7) is 1.94. The summed E-state index contributed by atoms with van der Waals surface area (Å²) < 4.78 is 26.5. The maximum atomic E-state index is 13.6. The summed E-state index contributed by atoms with van der Waals surface area (Å²) in [5.41, 5.74) is 1.69. The molecule has 0 fully saturated rings. The van der Waals surface area contributed by atoms with Crippen molar-refractivity contribution < 1.29 is 18.4 Å². The minimum atomic E-state index is -0.957. The average Bonchev–Trinajstić information content (AvgIpc) is 3.12. The number of nitrogens with one attached hydrogen (secondary N) is 2. The summed E-state index contributed by atoms with van der Waals surface area (Å²) in [5, 5.41) is 6.25. The van der Waals surface area contributed by atoms with Crippen molar-refractivity contribution in [2.24, 2.45) is 0 Å². The van der Waals surface area contributed by atoms with Crippen molar-refractivity contribution in [1.29, 1.82) is 0 Å². The minimum Gasteiger partial charge on any atom is -0.351 e. The largest absolute Gasteiger partial charge is 0.351 e.